The molecule has 1 aliphatic heterocycles. The van der Waals surface area contributed by atoms with Gasteiger partial charge in [0.1, 0.15) is 0 Å². The lowest BCUT2D eigenvalue weighted by Gasteiger charge is -2.69. The van der Waals surface area contributed by atoms with E-state index in [1.807, 2.05) is 0 Å². The van der Waals surface area contributed by atoms with E-state index in [4.69, 9.17) is 0 Å². The van der Waals surface area contributed by atoms with Crippen LogP contribution >= 0.6 is 0 Å². The summed E-state index contributed by atoms with van der Waals surface area (Å²) in [6, 6.07) is 9.97. The van der Waals surface area contributed by atoms with Gasteiger partial charge in [-0.25, -0.2) is 0 Å². The van der Waals surface area contributed by atoms with Crippen LogP contribution in [0.15, 0.2) is 48.8 Å². The Bertz CT molecular complexity index is 1320. The Morgan fingerprint density at radius 1 is 1.12 bits per heavy atom. The smallest absolute Gasteiger partial charge is 0.290 e. The van der Waals surface area contributed by atoms with Crippen LogP contribution in [0.2, 0.25) is 0 Å². The second kappa shape index (κ2) is 6.56. The third-order valence-corrected chi connectivity index (χ3v) is 7.36. The SMILES string of the molecule is Cc1nc2ccncc2cc1C(=O)NC12CC(C(=O)N3Cc4ccccc4C(F)(F)C3)(C1)C2. The van der Waals surface area contributed by atoms with Gasteiger partial charge in [0.05, 0.1) is 28.7 Å². The molecule has 2 bridgehead atoms. The molecule has 0 spiro atoms. The summed E-state index contributed by atoms with van der Waals surface area (Å²) in [6.07, 6.45) is 4.77. The number of aryl methyl sites for hydroxylation is 1. The number of fused-ring (bicyclic) bond motifs is 2. The molecule has 1 N–H and O–H groups in total. The van der Waals surface area contributed by atoms with Gasteiger partial charge in [0.2, 0.25) is 5.91 Å². The van der Waals surface area contributed by atoms with Gasteiger partial charge < -0.3 is 10.2 Å². The summed E-state index contributed by atoms with van der Waals surface area (Å²) in [4.78, 5) is 36.0. The number of hydrogen-bond donors (Lipinski definition) is 1. The Morgan fingerprint density at radius 2 is 1.88 bits per heavy atom. The summed E-state index contributed by atoms with van der Waals surface area (Å²) in [5.74, 6) is -3.53. The number of benzene rings is 1. The van der Waals surface area contributed by atoms with E-state index >= 15 is 0 Å². The summed E-state index contributed by atoms with van der Waals surface area (Å²) >= 11 is 0. The molecule has 0 unspecified atom stereocenters. The molecule has 6 nitrogen and oxygen atoms in total. The minimum atomic E-state index is -3.06. The van der Waals surface area contributed by atoms with E-state index < -0.39 is 23.4 Å². The number of halogens is 2. The van der Waals surface area contributed by atoms with Crippen LogP contribution in [0.5, 0.6) is 0 Å². The fourth-order valence-corrected chi connectivity index (χ4v) is 5.88. The molecular weight excluding hydrogens is 426 g/mol. The summed E-state index contributed by atoms with van der Waals surface area (Å²) in [5, 5.41) is 3.86. The summed E-state index contributed by atoms with van der Waals surface area (Å²) in [5.41, 5.74) is 1.28. The average molecular weight is 448 g/mol. The van der Waals surface area contributed by atoms with Crippen molar-refractivity contribution < 1.29 is 18.4 Å². The fourth-order valence-electron chi connectivity index (χ4n) is 5.88. The van der Waals surface area contributed by atoms with E-state index in [9.17, 15) is 18.4 Å². The van der Waals surface area contributed by atoms with Crippen LogP contribution in [-0.2, 0) is 17.3 Å². The van der Waals surface area contributed by atoms with Crippen LogP contribution < -0.4 is 5.32 Å². The number of aromatic nitrogens is 2. The highest BCUT2D eigenvalue weighted by molar-refractivity contribution is 6.00. The summed E-state index contributed by atoms with van der Waals surface area (Å²) < 4.78 is 29.3. The van der Waals surface area contributed by atoms with Crippen molar-refractivity contribution in [3.05, 3.63) is 71.2 Å². The number of nitrogens with zero attached hydrogens (tertiary/aromatic N) is 3. The number of carbonyl (C=O) groups is 2. The number of nitrogens with one attached hydrogen (secondary N) is 1. The first-order chi connectivity index (χ1) is 15.7. The van der Waals surface area contributed by atoms with Crippen molar-refractivity contribution in [2.45, 2.75) is 44.2 Å². The van der Waals surface area contributed by atoms with Gasteiger partial charge in [-0.3, -0.25) is 19.6 Å². The third kappa shape index (κ3) is 2.96. The third-order valence-electron chi connectivity index (χ3n) is 7.36. The van der Waals surface area contributed by atoms with Gasteiger partial charge in [0, 0.05) is 35.4 Å². The second-order valence-electron chi connectivity index (χ2n) is 9.76. The van der Waals surface area contributed by atoms with Crippen LogP contribution in [-0.4, -0.2) is 38.8 Å². The molecule has 2 amide bonds. The maximum atomic E-state index is 14.7. The van der Waals surface area contributed by atoms with Gasteiger partial charge in [-0.15, -0.1) is 0 Å². The van der Waals surface area contributed by atoms with Crippen LogP contribution in [0.3, 0.4) is 0 Å². The number of carbonyl (C=O) groups excluding carboxylic acids is 2. The van der Waals surface area contributed by atoms with Gasteiger partial charge in [0.25, 0.3) is 11.8 Å². The Kier molecular flexibility index (Phi) is 4.01. The Morgan fingerprint density at radius 3 is 2.67 bits per heavy atom. The molecule has 0 atom stereocenters. The quantitative estimate of drug-likeness (QED) is 0.663. The van der Waals surface area contributed by atoms with Crippen LogP contribution in [0.1, 0.15) is 46.4 Å². The number of alkyl halides is 2. The maximum Gasteiger partial charge on any atom is 0.290 e. The normalized spacial score (nSPS) is 26.7. The van der Waals surface area contributed by atoms with Crippen molar-refractivity contribution in [1.29, 1.82) is 0 Å². The lowest BCUT2D eigenvalue weighted by Crippen LogP contribution is -2.78. The number of amides is 2. The van der Waals surface area contributed by atoms with Gasteiger partial charge >= 0.3 is 0 Å². The number of pyridine rings is 2. The van der Waals surface area contributed by atoms with Crippen LogP contribution in [0.4, 0.5) is 8.78 Å². The van der Waals surface area contributed by atoms with E-state index in [0.29, 0.717) is 36.1 Å². The lowest BCUT2D eigenvalue weighted by atomic mass is 9.38. The molecule has 7 rings (SSSR count). The molecule has 33 heavy (non-hydrogen) atoms. The second-order valence-corrected chi connectivity index (χ2v) is 9.76. The van der Waals surface area contributed by atoms with Gasteiger partial charge in [-0.2, -0.15) is 8.78 Å². The zero-order chi connectivity index (χ0) is 23.0. The molecule has 1 aromatic carbocycles. The molecule has 3 heterocycles. The molecule has 3 saturated carbocycles. The number of hydrogen-bond acceptors (Lipinski definition) is 4. The molecule has 2 aromatic heterocycles. The minimum Gasteiger partial charge on any atom is -0.346 e. The highest BCUT2D eigenvalue weighted by Gasteiger charge is 2.73. The Balaban J connectivity index is 1.15. The van der Waals surface area contributed by atoms with Gasteiger partial charge in [-0.1, -0.05) is 24.3 Å². The first kappa shape index (κ1) is 20.2. The summed E-state index contributed by atoms with van der Waals surface area (Å²) in [7, 11) is 0. The van der Waals surface area contributed by atoms with Crippen LogP contribution in [0.25, 0.3) is 10.9 Å². The molecule has 8 heteroatoms. The lowest BCUT2D eigenvalue weighted by molar-refractivity contribution is -0.195. The van der Waals surface area contributed by atoms with Crippen molar-refractivity contribution in [3.8, 4) is 0 Å². The molecule has 0 saturated heterocycles. The molecule has 168 valence electrons. The highest BCUT2D eigenvalue weighted by Crippen LogP contribution is 2.68. The van der Waals surface area contributed by atoms with Crippen molar-refractivity contribution in [2.24, 2.45) is 5.41 Å². The van der Waals surface area contributed by atoms with E-state index in [1.54, 1.807) is 49.6 Å². The van der Waals surface area contributed by atoms with Crippen molar-refractivity contribution in [2.75, 3.05) is 6.54 Å². The van der Waals surface area contributed by atoms with E-state index in [0.717, 1.165) is 10.9 Å². The number of rotatable bonds is 3. The summed E-state index contributed by atoms with van der Waals surface area (Å²) in [6.45, 7) is 1.39. The molecule has 3 aromatic rings. The Labute approximate surface area is 189 Å². The van der Waals surface area contributed by atoms with Gasteiger partial charge in [0.15, 0.2) is 0 Å². The zero-order valence-electron chi connectivity index (χ0n) is 18.1. The predicted molar refractivity (Wildman–Crippen MR) is 117 cm³/mol. The topological polar surface area (TPSA) is 75.2 Å². The molecule has 4 aliphatic rings. The monoisotopic (exact) mass is 448 g/mol. The molecular formula is C25H22F2N4O2. The van der Waals surface area contributed by atoms with E-state index in [1.165, 1.54) is 11.0 Å². The van der Waals surface area contributed by atoms with Crippen molar-refractivity contribution in [1.82, 2.24) is 20.2 Å². The molecule has 3 fully saturated rings. The van der Waals surface area contributed by atoms with Gasteiger partial charge in [-0.05, 0) is 43.9 Å². The minimum absolute atomic E-state index is 0.00458. The highest BCUT2D eigenvalue weighted by atomic mass is 19.3. The Hall–Kier alpha value is -3.42. The van der Waals surface area contributed by atoms with E-state index in [2.05, 4.69) is 15.3 Å². The first-order valence-electron chi connectivity index (χ1n) is 11.0. The predicted octanol–water partition coefficient (Wildman–Crippen LogP) is 3.72. The van der Waals surface area contributed by atoms with Crippen LogP contribution in [0, 0.1) is 12.3 Å². The standard InChI is InChI=1S/C25H22F2N4O2/c1-15-18(8-17-9-28-7-6-20(17)29-15)21(32)30-24-11-23(12-24,13-24)22(33)31-10-16-4-2-3-5-19(16)25(26,27)14-31/h2-9H,10-14H2,1H3,(H,30,32). The maximum absolute atomic E-state index is 14.7. The fraction of sp³-hybridized carbons (Fsp3) is 0.360. The molecule has 3 aliphatic carbocycles. The largest absolute Gasteiger partial charge is 0.346 e. The van der Waals surface area contributed by atoms with Crippen molar-refractivity contribution >= 4 is 22.7 Å². The average Bonchev–Trinajstić information content (AvgIpc) is 2.73. The van der Waals surface area contributed by atoms with Crippen molar-refractivity contribution in [3.63, 3.8) is 0 Å². The first-order valence-corrected chi connectivity index (χ1v) is 11.0. The zero-order valence-corrected chi connectivity index (χ0v) is 18.1. The molecule has 0 radical (unpaired) electrons. The van der Waals surface area contributed by atoms with E-state index in [-0.39, 0.29) is 23.9 Å².